The minimum Gasteiger partial charge on any atom is -0.494 e. The van der Waals surface area contributed by atoms with Crippen molar-refractivity contribution in [1.82, 2.24) is 4.90 Å². The maximum Gasteiger partial charge on any atom is 0.290 e. The molecule has 172 valence electrons. The van der Waals surface area contributed by atoms with Gasteiger partial charge in [-0.3, -0.25) is 9.59 Å². The van der Waals surface area contributed by atoms with Gasteiger partial charge >= 0.3 is 0 Å². The molecule has 1 amide bonds. The van der Waals surface area contributed by atoms with Crippen molar-refractivity contribution in [1.29, 1.82) is 0 Å². The number of hydrogen-bond donors (Lipinski definition) is 0. The number of amides is 1. The number of aryl methyl sites for hydroxylation is 2. The van der Waals surface area contributed by atoms with Crippen molar-refractivity contribution in [2.24, 2.45) is 0 Å². The van der Waals surface area contributed by atoms with Crippen LogP contribution in [0.15, 0.2) is 75.9 Å². The van der Waals surface area contributed by atoms with Crippen LogP contribution in [0.1, 0.15) is 51.3 Å². The minimum absolute atomic E-state index is 0.139. The molecule has 1 atom stereocenters. The Hall–Kier alpha value is -3.86. The van der Waals surface area contributed by atoms with Crippen LogP contribution >= 0.6 is 0 Å². The first kappa shape index (κ1) is 22.0. The molecule has 1 aliphatic heterocycles. The highest BCUT2D eigenvalue weighted by Gasteiger charge is 2.42. The van der Waals surface area contributed by atoms with Gasteiger partial charge in [-0.2, -0.15) is 0 Å². The summed E-state index contributed by atoms with van der Waals surface area (Å²) in [5, 5.41) is 0.505. The normalized spacial score (nSPS) is 15.1. The van der Waals surface area contributed by atoms with E-state index in [2.05, 4.69) is 0 Å². The lowest BCUT2D eigenvalue weighted by molar-refractivity contribution is 0.0730. The van der Waals surface area contributed by atoms with Crippen LogP contribution in [0, 0.1) is 13.8 Å². The molecule has 0 bridgehead atoms. The van der Waals surface area contributed by atoms with Gasteiger partial charge in [-0.15, -0.1) is 0 Å². The topological polar surface area (TPSA) is 59.8 Å². The Bertz CT molecular complexity index is 1440. The minimum atomic E-state index is -0.533. The molecule has 5 nitrogen and oxygen atoms in total. The quantitative estimate of drug-likeness (QED) is 0.381. The molecule has 0 saturated carbocycles. The van der Waals surface area contributed by atoms with Gasteiger partial charge in [-0.05, 0) is 73.7 Å². The van der Waals surface area contributed by atoms with E-state index in [1.807, 2.05) is 87.5 Å². The molecule has 0 aliphatic carbocycles. The van der Waals surface area contributed by atoms with Crippen LogP contribution in [-0.4, -0.2) is 24.0 Å². The number of carbonyl (C=O) groups excluding carboxylic acids is 1. The third-order valence-corrected chi connectivity index (χ3v) is 6.55. The maximum atomic E-state index is 13.8. The van der Waals surface area contributed by atoms with Crippen LogP contribution in [-0.2, 0) is 6.42 Å². The number of hydrogen-bond acceptors (Lipinski definition) is 4. The fraction of sp³-hybridized carbons (Fsp3) is 0.241. The predicted octanol–water partition coefficient (Wildman–Crippen LogP) is 5.60. The van der Waals surface area contributed by atoms with Crippen molar-refractivity contribution in [3.05, 3.63) is 111 Å². The van der Waals surface area contributed by atoms with Crippen molar-refractivity contribution in [3.8, 4) is 5.75 Å². The fourth-order valence-electron chi connectivity index (χ4n) is 4.69. The van der Waals surface area contributed by atoms with E-state index in [4.69, 9.17) is 9.15 Å². The van der Waals surface area contributed by atoms with Crippen molar-refractivity contribution >= 4 is 16.9 Å². The molecule has 2 heterocycles. The van der Waals surface area contributed by atoms with E-state index in [9.17, 15) is 9.59 Å². The van der Waals surface area contributed by atoms with E-state index in [-0.39, 0.29) is 17.1 Å². The Morgan fingerprint density at radius 2 is 1.71 bits per heavy atom. The van der Waals surface area contributed by atoms with Gasteiger partial charge in [0.25, 0.3) is 5.91 Å². The van der Waals surface area contributed by atoms with Crippen molar-refractivity contribution < 1.29 is 13.9 Å². The molecule has 0 fully saturated rings. The Morgan fingerprint density at radius 1 is 0.941 bits per heavy atom. The third-order valence-electron chi connectivity index (χ3n) is 6.55. The van der Waals surface area contributed by atoms with Crippen LogP contribution in [0.3, 0.4) is 0 Å². The maximum absolute atomic E-state index is 13.8. The predicted molar refractivity (Wildman–Crippen MR) is 133 cm³/mol. The Balaban J connectivity index is 1.67. The lowest BCUT2D eigenvalue weighted by atomic mass is 9.97. The van der Waals surface area contributed by atoms with Crippen LogP contribution in [0.2, 0.25) is 0 Å². The van der Waals surface area contributed by atoms with Crippen molar-refractivity contribution in [2.75, 3.05) is 13.2 Å². The van der Waals surface area contributed by atoms with Gasteiger partial charge in [0, 0.05) is 6.54 Å². The monoisotopic (exact) mass is 453 g/mol. The molecule has 34 heavy (non-hydrogen) atoms. The van der Waals surface area contributed by atoms with Gasteiger partial charge in [0.05, 0.1) is 23.6 Å². The third kappa shape index (κ3) is 3.77. The molecular weight excluding hydrogens is 426 g/mol. The molecule has 1 aliphatic rings. The van der Waals surface area contributed by atoms with Gasteiger partial charge in [-0.25, -0.2) is 0 Å². The highest BCUT2D eigenvalue weighted by Crippen LogP contribution is 2.39. The molecule has 5 heteroatoms. The van der Waals surface area contributed by atoms with E-state index >= 15 is 0 Å². The van der Waals surface area contributed by atoms with Crippen LogP contribution in [0.5, 0.6) is 5.75 Å². The summed E-state index contributed by atoms with van der Waals surface area (Å²) in [5.41, 5.74) is 4.70. The van der Waals surface area contributed by atoms with E-state index in [0.717, 1.165) is 22.3 Å². The zero-order valence-corrected chi connectivity index (χ0v) is 19.6. The summed E-state index contributed by atoms with van der Waals surface area (Å²) in [4.78, 5) is 29.2. The first-order valence-corrected chi connectivity index (χ1v) is 11.6. The highest BCUT2D eigenvalue weighted by atomic mass is 16.5. The standard InChI is InChI=1S/C29H27NO4/c1-4-33-22-12-8-11-21(17-22)26-25-27(31)23-15-18(2)19(3)16-24(23)34-28(25)29(32)30(26)14-13-20-9-6-5-7-10-20/h5-12,15-17,26H,4,13-14H2,1-3H3. The lowest BCUT2D eigenvalue weighted by Crippen LogP contribution is -2.31. The molecule has 0 radical (unpaired) electrons. The molecule has 1 aromatic heterocycles. The largest absolute Gasteiger partial charge is 0.494 e. The number of benzene rings is 3. The number of ether oxygens (including phenoxy) is 1. The lowest BCUT2D eigenvalue weighted by Gasteiger charge is -2.25. The van der Waals surface area contributed by atoms with Crippen LogP contribution in [0.25, 0.3) is 11.0 Å². The molecule has 0 N–H and O–H groups in total. The fourth-order valence-corrected chi connectivity index (χ4v) is 4.69. The number of nitrogens with zero attached hydrogens (tertiary/aromatic N) is 1. The van der Waals surface area contributed by atoms with E-state index in [0.29, 0.717) is 41.9 Å². The summed E-state index contributed by atoms with van der Waals surface area (Å²) in [6.07, 6.45) is 0.675. The summed E-state index contributed by atoms with van der Waals surface area (Å²) in [7, 11) is 0. The van der Waals surface area contributed by atoms with E-state index in [1.165, 1.54) is 0 Å². The number of rotatable bonds is 6. The highest BCUT2D eigenvalue weighted by molar-refractivity contribution is 5.99. The average Bonchev–Trinajstić information content (AvgIpc) is 3.12. The summed E-state index contributed by atoms with van der Waals surface area (Å²) in [6.45, 7) is 6.87. The summed E-state index contributed by atoms with van der Waals surface area (Å²) in [5.74, 6) is 0.594. The average molecular weight is 454 g/mol. The van der Waals surface area contributed by atoms with Crippen LogP contribution in [0.4, 0.5) is 0 Å². The molecule has 4 aromatic rings. The second-order valence-electron chi connectivity index (χ2n) is 8.75. The smallest absolute Gasteiger partial charge is 0.290 e. The Morgan fingerprint density at radius 3 is 2.47 bits per heavy atom. The molecular formula is C29H27NO4. The van der Waals surface area contributed by atoms with Crippen molar-refractivity contribution in [3.63, 3.8) is 0 Å². The molecule has 1 unspecified atom stereocenters. The first-order valence-electron chi connectivity index (χ1n) is 11.6. The van der Waals surface area contributed by atoms with Gasteiger partial charge in [0.2, 0.25) is 5.76 Å². The summed E-state index contributed by atoms with van der Waals surface area (Å²) in [6, 6.07) is 20.8. The number of fused-ring (bicyclic) bond motifs is 2. The molecule has 5 rings (SSSR count). The van der Waals surface area contributed by atoms with Crippen LogP contribution < -0.4 is 10.2 Å². The molecule has 0 saturated heterocycles. The summed E-state index contributed by atoms with van der Waals surface area (Å²) >= 11 is 0. The zero-order chi connectivity index (χ0) is 23.8. The second kappa shape index (κ2) is 8.82. The van der Waals surface area contributed by atoms with Gasteiger partial charge in [0.15, 0.2) is 5.43 Å². The zero-order valence-electron chi connectivity index (χ0n) is 19.6. The molecule has 3 aromatic carbocycles. The van der Waals surface area contributed by atoms with Gasteiger partial charge < -0.3 is 14.1 Å². The second-order valence-corrected chi connectivity index (χ2v) is 8.75. The Labute approximate surface area is 198 Å². The Kier molecular flexibility index (Phi) is 5.70. The molecule has 0 spiro atoms. The SMILES string of the molecule is CCOc1cccc(C2c3c(oc4cc(C)c(C)cc4c3=O)C(=O)N2CCc2ccccc2)c1. The summed E-state index contributed by atoms with van der Waals surface area (Å²) < 4.78 is 11.8. The number of carbonyl (C=O) groups is 1. The van der Waals surface area contributed by atoms with Gasteiger partial charge in [-0.1, -0.05) is 42.5 Å². The van der Waals surface area contributed by atoms with E-state index in [1.54, 1.807) is 4.90 Å². The van der Waals surface area contributed by atoms with Gasteiger partial charge in [0.1, 0.15) is 11.3 Å². The van der Waals surface area contributed by atoms with Crippen molar-refractivity contribution in [2.45, 2.75) is 33.2 Å². The first-order chi connectivity index (χ1) is 16.5. The van der Waals surface area contributed by atoms with E-state index < -0.39 is 6.04 Å².